The van der Waals surface area contributed by atoms with Crippen LogP contribution in [-0.4, -0.2) is 50.6 Å². The van der Waals surface area contributed by atoms with Gasteiger partial charge in [0.1, 0.15) is 17.9 Å². The third kappa shape index (κ3) is 5.10. The number of halogens is 1. The number of hydrogen-bond donors (Lipinski definition) is 2. The molecule has 0 atom stereocenters. The van der Waals surface area contributed by atoms with Gasteiger partial charge in [0.05, 0.1) is 28.4 Å². The number of hydrogen-bond acceptors (Lipinski definition) is 7. The molecule has 8 nitrogen and oxygen atoms in total. The van der Waals surface area contributed by atoms with Crippen LogP contribution in [0.2, 0.25) is 0 Å². The van der Waals surface area contributed by atoms with Gasteiger partial charge in [-0.05, 0) is 43.8 Å². The molecular formula is C20H24IN5O3S. The summed E-state index contributed by atoms with van der Waals surface area (Å²) in [5.41, 5.74) is 2.19. The van der Waals surface area contributed by atoms with Gasteiger partial charge in [-0.2, -0.15) is 0 Å². The first kappa shape index (κ1) is 22.5. The molecule has 0 amide bonds. The molecule has 3 rings (SSSR count). The van der Waals surface area contributed by atoms with Crippen LogP contribution in [0.1, 0.15) is 6.42 Å². The van der Waals surface area contributed by atoms with Crippen molar-refractivity contribution in [3.63, 3.8) is 0 Å². The highest BCUT2D eigenvalue weighted by Crippen LogP contribution is 2.32. The number of alkyl halides is 1. The molecule has 0 aliphatic carbocycles. The van der Waals surface area contributed by atoms with Crippen LogP contribution < -0.4 is 19.7 Å². The van der Waals surface area contributed by atoms with E-state index in [-0.39, 0.29) is 4.90 Å². The molecular weight excluding hydrogens is 517 g/mol. The molecule has 0 bridgehead atoms. The van der Waals surface area contributed by atoms with E-state index in [4.69, 9.17) is 4.74 Å². The zero-order chi connectivity index (χ0) is 21.7. The van der Waals surface area contributed by atoms with Crippen molar-refractivity contribution >= 4 is 60.7 Å². The number of benzene rings is 2. The van der Waals surface area contributed by atoms with E-state index in [9.17, 15) is 8.42 Å². The summed E-state index contributed by atoms with van der Waals surface area (Å²) in [4.78, 5) is 10.8. The molecule has 10 heteroatoms. The van der Waals surface area contributed by atoms with Crippen LogP contribution in [0.5, 0.6) is 5.75 Å². The summed E-state index contributed by atoms with van der Waals surface area (Å²) in [5, 5.41) is 4.09. The zero-order valence-electron chi connectivity index (χ0n) is 17.0. The molecule has 3 aromatic rings. The molecule has 1 heterocycles. The smallest absolute Gasteiger partial charge is 0.240 e. The second-order valence-corrected chi connectivity index (χ2v) is 9.66. The Hall–Kier alpha value is -2.18. The van der Waals surface area contributed by atoms with Crippen molar-refractivity contribution in [1.82, 2.24) is 14.7 Å². The maximum atomic E-state index is 12.3. The van der Waals surface area contributed by atoms with Gasteiger partial charge in [0.25, 0.3) is 0 Å². The molecule has 0 spiro atoms. The van der Waals surface area contributed by atoms with Crippen LogP contribution in [-0.2, 0) is 10.0 Å². The molecule has 0 saturated heterocycles. The van der Waals surface area contributed by atoms with Crippen LogP contribution in [0.15, 0.2) is 47.6 Å². The SMILES string of the molecule is CNS(=O)(=O)c1ccc(N(C)C)c(Nc2ncnc3cc(OCCCI)ccc23)c1. The number of anilines is 3. The fourth-order valence-electron chi connectivity index (χ4n) is 2.89. The summed E-state index contributed by atoms with van der Waals surface area (Å²) < 4.78 is 33.7. The Labute approximate surface area is 190 Å². The Balaban J connectivity index is 2.00. The lowest BCUT2D eigenvalue weighted by atomic mass is 10.2. The minimum atomic E-state index is -3.57. The lowest BCUT2D eigenvalue weighted by Gasteiger charge is -2.20. The predicted molar refractivity (Wildman–Crippen MR) is 129 cm³/mol. The molecule has 0 saturated carbocycles. The van der Waals surface area contributed by atoms with Gasteiger partial charge in [-0.25, -0.2) is 23.1 Å². The van der Waals surface area contributed by atoms with E-state index in [0.717, 1.165) is 33.2 Å². The summed E-state index contributed by atoms with van der Waals surface area (Å²) in [6, 6.07) is 10.6. The summed E-state index contributed by atoms with van der Waals surface area (Å²) in [5.74, 6) is 1.34. The molecule has 0 aliphatic heterocycles. The lowest BCUT2D eigenvalue weighted by molar-refractivity contribution is 0.320. The van der Waals surface area contributed by atoms with E-state index in [1.807, 2.05) is 37.2 Å². The first-order valence-electron chi connectivity index (χ1n) is 9.31. The summed E-state index contributed by atoms with van der Waals surface area (Å²) in [7, 11) is 1.60. The topological polar surface area (TPSA) is 96.5 Å². The number of nitrogens with one attached hydrogen (secondary N) is 2. The first-order chi connectivity index (χ1) is 14.4. The van der Waals surface area contributed by atoms with Crippen LogP contribution in [0.25, 0.3) is 10.9 Å². The molecule has 2 aromatic carbocycles. The Morgan fingerprint density at radius 2 is 1.93 bits per heavy atom. The van der Waals surface area contributed by atoms with Crippen LogP contribution in [0.3, 0.4) is 0 Å². The highest BCUT2D eigenvalue weighted by atomic mass is 127. The summed E-state index contributed by atoms with van der Waals surface area (Å²) >= 11 is 2.32. The van der Waals surface area contributed by atoms with E-state index in [1.54, 1.807) is 18.2 Å². The fraction of sp³-hybridized carbons (Fsp3) is 0.300. The van der Waals surface area contributed by atoms with E-state index >= 15 is 0 Å². The average molecular weight is 541 g/mol. The average Bonchev–Trinajstić information content (AvgIpc) is 2.73. The van der Waals surface area contributed by atoms with Crippen molar-refractivity contribution in [1.29, 1.82) is 0 Å². The molecule has 0 radical (unpaired) electrons. The van der Waals surface area contributed by atoms with Gasteiger partial charge >= 0.3 is 0 Å². The highest BCUT2D eigenvalue weighted by molar-refractivity contribution is 14.1. The minimum absolute atomic E-state index is 0.169. The van der Waals surface area contributed by atoms with E-state index in [0.29, 0.717) is 18.1 Å². The number of nitrogens with zero attached hydrogens (tertiary/aromatic N) is 3. The van der Waals surface area contributed by atoms with Gasteiger partial charge in [-0.1, -0.05) is 22.6 Å². The Bertz CT molecular complexity index is 1140. The predicted octanol–water partition coefficient (Wildman–Crippen LogP) is 3.55. The maximum absolute atomic E-state index is 12.3. The van der Waals surface area contributed by atoms with Crippen molar-refractivity contribution in [2.75, 3.05) is 42.4 Å². The molecule has 0 fully saturated rings. The van der Waals surface area contributed by atoms with Crippen LogP contribution in [0, 0.1) is 0 Å². The van der Waals surface area contributed by atoms with Crippen molar-refractivity contribution in [2.45, 2.75) is 11.3 Å². The number of ether oxygens (including phenoxy) is 1. The second-order valence-electron chi connectivity index (χ2n) is 6.70. The number of sulfonamides is 1. The number of rotatable bonds is 9. The molecule has 0 unspecified atom stereocenters. The van der Waals surface area contributed by atoms with Gasteiger partial charge < -0.3 is 15.0 Å². The van der Waals surface area contributed by atoms with Crippen molar-refractivity contribution in [3.8, 4) is 5.75 Å². The number of fused-ring (bicyclic) bond motifs is 1. The van der Waals surface area contributed by atoms with Crippen molar-refractivity contribution in [2.24, 2.45) is 0 Å². The quantitative estimate of drug-likeness (QED) is 0.243. The first-order valence-corrected chi connectivity index (χ1v) is 12.3. The minimum Gasteiger partial charge on any atom is -0.493 e. The maximum Gasteiger partial charge on any atom is 0.240 e. The lowest BCUT2D eigenvalue weighted by Crippen LogP contribution is -2.19. The van der Waals surface area contributed by atoms with Gasteiger partial charge in [-0.3, -0.25) is 0 Å². The Morgan fingerprint density at radius 1 is 1.13 bits per heavy atom. The van der Waals surface area contributed by atoms with Gasteiger partial charge in [0.15, 0.2) is 0 Å². The molecule has 0 aliphatic rings. The van der Waals surface area contributed by atoms with E-state index in [2.05, 4.69) is 42.6 Å². The molecule has 1 aromatic heterocycles. The standard InChI is InChI=1S/C20H24IN5O3S/c1-22-30(27,28)15-6-8-19(26(2)3)18(12-15)25-20-16-7-5-14(29-10-4-9-21)11-17(16)23-13-24-20/h5-8,11-13,22H,4,9-10H2,1-3H3,(H,23,24,25). The Kier molecular flexibility index (Phi) is 7.32. The van der Waals surface area contributed by atoms with Crippen LogP contribution >= 0.6 is 22.6 Å². The number of aromatic nitrogens is 2. The monoisotopic (exact) mass is 541 g/mol. The second kappa shape index (κ2) is 9.75. The van der Waals surface area contributed by atoms with Gasteiger partial charge in [-0.15, -0.1) is 0 Å². The third-order valence-corrected chi connectivity index (χ3v) is 6.61. The molecule has 160 valence electrons. The largest absolute Gasteiger partial charge is 0.493 e. The molecule has 2 N–H and O–H groups in total. The Morgan fingerprint density at radius 3 is 2.63 bits per heavy atom. The molecule has 30 heavy (non-hydrogen) atoms. The van der Waals surface area contributed by atoms with Gasteiger partial charge in [0.2, 0.25) is 10.0 Å². The normalized spacial score (nSPS) is 11.5. The highest BCUT2D eigenvalue weighted by Gasteiger charge is 2.16. The van der Waals surface area contributed by atoms with E-state index in [1.165, 1.54) is 13.4 Å². The summed E-state index contributed by atoms with van der Waals surface area (Å²) in [6.07, 6.45) is 2.46. The summed E-state index contributed by atoms with van der Waals surface area (Å²) in [6.45, 7) is 0.656. The van der Waals surface area contributed by atoms with Crippen molar-refractivity contribution < 1.29 is 13.2 Å². The zero-order valence-corrected chi connectivity index (χ0v) is 20.0. The van der Waals surface area contributed by atoms with E-state index < -0.39 is 10.0 Å². The fourth-order valence-corrected chi connectivity index (χ4v) is 3.96. The van der Waals surface area contributed by atoms with Gasteiger partial charge in [0, 0.05) is 30.0 Å². The van der Waals surface area contributed by atoms with Crippen LogP contribution in [0.4, 0.5) is 17.2 Å². The van der Waals surface area contributed by atoms with Crippen molar-refractivity contribution in [3.05, 3.63) is 42.7 Å². The third-order valence-electron chi connectivity index (χ3n) is 4.44.